The Bertz CT molecular complexity index is 446. The van der Waals surface area contributed by atoms with Crippen molar-refractivity contribution in [3.8, 4) is 0 Å². The summed E-state index contributed by atoms with van der Waals surface area (Å²) in [5.41, 5.74) is 5.49. The van der Waals surface area contributed by atoms with E-state index in [1.807, 2.05) is 0 Å². The highest BCUT2D eigenvalue weighted by molar-refractivity contribution is 6.33. The predicted octanol–water partition coefficient (Wildman–Crippen LogP) is 2.82. The molecule has 0 spiro atoms. The number of primary amides is 1. The van der Waals surface area contributed by atoms with Gasteiger partial charge < -0.3 is 11.1 Å². The molecule has 4 nitrogen and oxygen atoms in total. The highest BCUT2D eigenvalue weighted by Gasteiger charge is 2.21. The van der Waals surface area contributed by atoms with Gasteiger partial charge in [0.1, 0.15) is 5.82 Å². The van der Waals surface area contributed by atoms with Crippen LogP contribution in [0.25, 0.3) is 0 Å². The number of amides is 1. The summed E-state index contributed by atoms with van der Waals surface area (Å²) < 4.78 is 0. The molecule has 98 valence electrons. The van der Waals surface area contributed by atoms with Crippen LogP contribution >= 0.6 is 11.6 Å². The minimum Gasteiger partial charge on any atom is -0.366 e. The van der Waals surface area contributed by atoms with Gasteiger partial charge in [-0.1, -0.05) is 24.4 Å². The fraction of sp³-hybridized carbons (Fsp3) is 0.538. The number of halogens is 1. The highest BCUT2D eigenvalue weighted by Crippen LogP contribution is 2.34. The molecule has 0 bridgehead atoms. The Morgan fingerprint density at radius 1 is 1.67 bits per heavy atom. The fourth-order valence-corrected chi connectivity index (χ4v) is 2.10. The molecule has 1 aromatic heterocycles. The van der Waals surface area contributed by atoms with Crippen LogP contribution in [0.5, 0.6) is 0 Å². The average Bonchev–Trinajstić information content (AvgIpc) is 3.13. The zero-order valence-electron chi connectivity index (χ0n) is 10.4. The number of pyridine rings is 1. The molecule has 1 aromatic rings. The first-order chi connectivity index (χ1) is 8.56. The highest BCUT2D eigenvalue weighted by atomic mass is 35.5. The summed E-state index contributed by atoms with van der Waals surface area (Å²) in [6, 6.07) is 1.88. The molecule has 18 heavy (non-hydrogen) atoms. The van der Waals surface area contributed by atoms with Crippen LogP contribution in [0, 0.1) is 5.92 Å². The van der Waals surface area contributed by atoms with Crippen LogP contribution in [-0.2, 0) is 0 Å². The van der Waals surface area contributed by atoms with Crippen LogP contribution < -0.4 is 11.1 Å². The minimum absolute atomic E-state index is 0.329. The van der Waals surface area contributed by atoms with Gasteiger partial charge in [0.2, 0.25) is 5.91 Å². The first kappa shape index (κ1) is 13.1. The van der Waals surface area contributed by atoms with Crippen molar-refractivity contribution in [1.29, 1.82) is 0 Å². The molecule has 1 amide bonds. The van der Waals surface area contributed by atoms with Crippen molar-refractivity contribution in [3.05, 3.63) is 22.8 Å². The molecule has 3 N–H and O–H groups in total. The number of anilines is 1. The Balaban J connectivity index is 1.93. The zero-order valence-corrected chi connectivity index (χ0v) is 11.2. The maximum Gasteiger partial charge on any atom is 0.250 e. The van der Waals surface area contributed by atoms with Crippen molar-refractivity contribution in [2.24, 2.45) is 11.7 Å². The smallest absolute Gasteiger partial charge is 0.250 e. The summed E-state index contributed by atoms with van der Waals surface area (Å²) in [5, 5.41) is 3.70. The van der Waals surface area contributed by atoms with Gasteiger partial charge in [0.15, 0.2) is 0 Å². The third-order valence-corrected chi connectivity index (χ3v) is 3.50. The molecule has 1 unspecified atom stereocenters. The normalized spacial score (nSPS) is 16.3. The number of hydrogen-bond acceptors (Lipinski definition) is 3. The van der Waals surface area contributed by atoms with Crippen molar-refractivity contribution < 1.29 is 4.79 Å². The fourth-order valence-electron chi connectivity index (χ4n) is 1.88. The third-order valence-electron chi connectivity index (χ3n) is 3.21. The molecule has 1 aliphatic rings. The summed E-state index contributed by atoms with van der Waals surface area (Å²) in [6.07, 6.45) is 6.56. The molecule has 0 radical (unpaired) electrons. The second-order valence-corrected chi connectivity index (χ2v) is 5.39. The van der Waals surface area contributed by atoms with Crippen LogP contribution in [0.15, 0.2) is 12.3 Å². The first-order valence-electron chi connectivity index (χ1n) is 6.28. The average molecular weight is 268 g/mol. The molecule has 1 heterocycles. The lowest BCUT2D eigenvalue weighted by Crippen LogP contribution is -2.17. The number of nitrogens with one attached hydrogen (secondary N) is 1. The number of aromatic nitrogens is 1. The minimum atomic E-state index is -0.516. The van der Waals surface area contributed by atoms with Crippen LogP contribution in [0.3, 0.4) is 0 Å². The van der Waals surface area contributed by atoms with E-state index in [4.69, 9.17) is 17.3 Å². The molecule has 1 aliphatic carbocycles. The summed E-state index contributed by atoms with van der Waals surface area (Å²) >= 11 is 6.06. The Labute approximate surface area is 112 Å². The van der Waals surface area contributed by atoms with Crippen LogP contribution in [0.2, 0.25) is 5.02 Å². The SMILES string of the molecule is CC(CCC1CC1)Nc1ncc(C(N)=O)cc1Cl. The van der Waals surface area contributed by atoms with E-state index in [0.717, 1.165) is 12.3 Å². The maximum absolute atomic E-state index is 11.0. The third kappa shape index (κ3) is 3.60. The number of rotatable bonds is 6. The van der Waals surface area contributed by atoms with Gasteiger partial charge in [0.05, 0.1) is 10.6 Å². The van der Waals surface area contributed by atoms with E-state index in [0.29, 0.717) is 22.4 Å². The summed E-state index contributed by atoms with van der Waals surface area (Å²) in [7, 11) is 0. The molecule has 5 heteroatoms. The van der Waals surface area contributed by atoms with E-state index in [9.17, 15) is 4.79 Å². The maximum atomic E-state index is 11.0. The number of carbonyl (C=O) groups is 1. The Morgan fingerprint density at radius 2 is 2.39 bits per heavy atom. The number of carbonyl (C=O) groups excluding carboxylic acids is 1. The largest absolute Gasteiger partial charge is 0.366 e. The second kappa shape index (κ2) is 5.57. The van der Waals surface area contributed by atoms with Crippen LogP contribution in [0.4, 0.5) is 5.82 Å². The van der Waals surface area contributed by atoms with E-state index >= 15 is 0 Å². The molecule has 1 fully saturated rings. The molecular weight excluding hydrogens is 250 g/mol. The Morgan fingerprint density at radius 3 is 2.94 bits per heavy atom. The Hall–Kier alpha value is -1.29. The van der Waals surface area contributed by atoms with E-state index in [-0.39, 0.29) is 0 Å². The van der Waals surface area contributed by atoms with Gasteiger partial charge >= 0.3 is 0 Å². The van der Waals surface area contributed by atoms with Crippen molar-refractivity contribution >= 4 is 23.3 Å². The van der Waals surface area contributed by atoms with E-state index < -0.39 is 5.91 Å². The molecule has 0 aliphatic heterocycles. The van der Waals surface area contributed by atoms with Crippen molar-refractivity contribution in [3.63, 3.8) is 0 Å². The molecule has 2 rings (SSSR count). The van der Waals surface area contributed by atoms with Crippen LogP contribution in [0.1, 0.15) is 43.0 Å². The van der Waals surface area contributed by atoms with Crippen molar-refractivity contribution in [2.75, 3.05) is 5.32 Å². The quantitative estimate of drug-likeness (QED) is 0.833. The van der Waals surface area contributed by atoms with Gasteiger partial charge in [-0.2, -0.15) is 0 Å². The van der Waals surface area contributed by atoms with E-state index in [1.54, 1.807) is 6.07 Å². The topological polar surface area (TPSA) is 68.0 Å². The zero-order chi connectivity index (χ0) is 13.1. The lowest BCUT2D eigenvalue weighted by molar-refractivity contribution is 0.1000. The van der Waals surface area contributed by atoms with Gasteiger partial charge in [-0.3, -0.25) is 4.79 Å². The van der Waals surface area contributed by atoms with Gasteiger partial charge in [-0.05, 0) is 31.7 Å². The molecule has 0 saturated heterocycles. The predicted molar refractivity (Wildman–Crippen MR) is 72.8 cm³/mol. The van der Waals surface area contributed by atoms with Gasteiger partial charge in [0, 0.05) is 12.2 Å². The summed E-state index contributed by atoms with van der Waals surface area (Å²) in [6.45, 7) is 2.11. The van der Waals surface area contributed by atoms with Crippen LogP contribution in [-0.4, -0.2) is 16.9 Å². The number of hydrogen-bond donors (Lipinski definition) is 2. The Kier molecular flexibility index (Phi) is 4.07. The molecule has 1 saturated carbocycles. The number of nitrogens with zero attached hydrogens (tertiary/aromatic N) is 1. The second-order valence-electron chi connectivity index (χ2n) is 4.98. The molecule has 0 aromatic carbocycles. The first-order valence-corrected chi connectivity index (χ1v) is 6.66. The molecular formula is C13H18ClN3O. The van der Waals surface area contributed by atoms with Gasteiger partial charge in [-0.15, -0.1) is 0 Å². The lowest BCUT2D eigenvalue weighted by Gasteiger charge is -2.15. The standard InChI is InChI=1S/C13H18ClN3O/c1-8(2-3-9-4-5-9)17-13-11(14)6-10(7-16-13)12(15)18/h6-9H,2-5H2,1H3,(H2,15,18)(H,16,17). The monoisotopic (exact) mass is 267 g/mol. The van der Waals surface area contributed by atoms with Crippen molar-refractivity contribution in [2.45, 2.75) is 38.6 Å². The summed E-state index contributed by atoms with van der Waals surface area (Å²) in [5.74, 6) is 1.03. The van der Waals surface area contributed by atoms with E-state index in [2.05, 4.69) is 17.2 Å². The van der Waals surface area contributed by atoms with Gasteiger partial charge in [-0.25, -0.2) is 4.98 Å². The van der Waals surface area contributed by atoms with Gasteiger partial charge in [0.25, 0.3) is 0 Å². The van der Waals surface area contributed by atoms with E-state index in [1.165, 1.54) is 25.5 Å². The lowest BCUT2D eigenvalue weighted by atomic mass is 10.1. The summed E-state index contributed by atoms with van der Waals surface area (Å²) in [4.78, 5) is 15.1. The number of nitrogens with two attached hydrogens (primary N) is 1. The molecule has 1 atom stereocenters. The van der Waals surface area contributed by atoms with Crippen molar-refractivity contribution in [1.82, 2.24) is 4.98 Å².